The molecule has 5 nitrogen and oxygen atoms in total. The Hall–Kier alpha value is -1.85. The second kappa shape index (κ2) is 5.20. The van der Waals surface area contributed by atoms with Crippen molar-refractivity contribution < 1.29 is 9.90 Å². The van der Waals surface area contributed by atoms with Gasteiger partial charge in [0.15, 0.2) is 11.5 Å². The quantitative estimate of drug-likeness (QED) is 0.905. The first kappa shape index (κ1) is 12.6. The second-order valence-corrected chi connectivity index (χ2v) is 4.26. The summed E-state index contributed by atoms with van der Waals surface area (Å²) in [6, 6.07) is 7.79. The Balaban J connectivity index is 2.20. The van der Waals surface area contributed by atoms with Crippen LogP contribution in [0.3, 0.4) is 0 Å². The Morgan fingerprint density at radius 1 is 1.11 bits per heavy atom. The standard InChI is InChI=1S/C11H7Cl2N3O2/c12-6-3-7(13)5-8(4-6)14-10-2-1-9(11(17)18)15-16-10/h1-5H,(H,14,16)(H,17,18). The molecule has 0 aliphatic carbocycles. The van der Waals surface area contributed by atoms with E-state index < -0.39 is 5.97 Å². The van der Waals surface area contributed by atoms with Gasteiger partial charge in [-0.25, -0.2) is 4.79 Å². The molecule has 1 aromatic carbocycles. The van der Waals surface area contributed by atoms with Crippen LogP contribution in [0, 0.1) is 0 Å². The second-order valence-electron chi connectivity index (χ2n) is 3.39. The SMILES string of the molecule is O=C(O)c1ccc(Nc2cc(Cl)cc(Cl)c2)nn1. The van der Waals surface area contributed by atoms with Crippen LogP contribution < -0.4 is 5.32 Å². The van der Waals surface area contributed by atoms with Gasteiger partial charge >= 0.3 is 5.97 Å². The van der Waals surface area contributed by atoms with Gasteiger partial charge in [0.05, 0.1) is 0 Å². The highest BCUT2D eigenvalue weighted by Crippen LogP contribution is 2.24. The van der Waals surface area contributed by atoms with E-state index in [4.69, 9.17) is 28.3 Å². The largest absolute Gasteiger partial charge is 0.476 e. The molecule has 1 heterocycles. The minimum absolute atomic E-state index is 0.121. The molecule has 0 aliphatic rings. The van der Waals surface area contributed by atoms with Crippen molar-refractivity contribution in [3.8, 4) is 0 Å². The molecule has 2 N–H and O–H groups in total. The van der Waals surface area contributed by atoms with Gasteiger partial charge in [-0.3, -0.25) is 0 Å². The summed E-state index contributed by atoms with van der Waals surface area (Å²) in [5.74, 6) is -0.724. The number of hydrogen-bond acceptors (Lipinski definition) is 4. The van der Waals surface area contributed by atoms with Crippen molar-refractivity contribution in [3.63, 3.8) is 0 Å². The Morgan fingerprint density at radius 3 is 2.28 bits per heavy atom. The molecule has 0 saturated carbocycles. The van der Waals surface area contributed by atoms with Crippen LogP contribution in [0.15, 0.2) is 30.3 Å². The Labute approximate surface area is 112 Å². The zero-order valence-corrected chi connectivity index (χ0v) is 10.4. The summed E-state index contributed by atoms with van der Waals surface area (Å²) in [6.45, 7) is 0. The van der Waals surface area contributed by atoms with Crippen LogP contribution in [0.25, 0.3) is 0 Å². The van der Waals surface area contributed by atoms with E-state index >= 15 is 0 Å². The maximum Gasteiger partial charge on any atom is 0.356 e. The minimum atomic E-state index is -1.13. The summed E-state index contributed by atoms with van der Waals surface area (Å²) < 4.78 is 0. The summed E-state index contributed by atoms with van der Waals surface area (Å²) in [7, 11) is 0. The first-order valence-corrected chi connectivity index (χ1v) is 5.60. The van der Waals surface area contributed by atoms with Gasteiger partial charge in [-0.2, -0.15) is 0 Å². The van der Waals surface area contributed by atoms with Crippen molar-refractivity contribution in [2.45, 2.75) is 0 Å². The number of benzene rings is 1. The van der Waals surface area contributed by atoms with Crippen molar-refractivity contribution in [1.82, 2.24) is 10.2 Å². The lowest BCUT2D eigenvalue weighted by Crippen LogP contribution is -2.03. The lowest BCUT2D eigenvalue weighted by molar-refractivity contribution is 0.0689. The zero-order valence-electron chi connectivity index (χ0n) is 8.89. The molecule has 0 radical (unpaired) electrons. The number of carbonyl (C=O) groups is 1. The molecule has 0 atom stereocenters. The Bertz CT molecular complexity index is 567. The predicted molar refractivity (Wildman–Crippen MR) is 68.7 cm³/mol. The summed E-state index contributed by atoms with van der Waals surface area (Å²) in [6.07, 6.45) is 0. The zero-order chi connectivity index (χ0) is 13.1. The maximum atomic E-state index is 10.6. The number of rotatable bonds is 3. The first-order chi connectivity index (χ1) is 8.54. The van der Waals surface area contributed by atoms with E-state index in [0.29, 0.717) is 21.6 Å². The van der Waals surface area contributed by atoms with Crippen LogP contribution in [-0.2, 0) is 0 Å². The van der Waals surface area contributed by atoms with Crippen LogP contribution >= 0.6 is 23.2 Å². The van der Waals surface area contributed by atoms with Gasteiger partial charge in [0.1, 0.15) is 0 Å². The molecule has 0 aliphatic heterocycles. The van der Waals surface area contributed by atoms with Crippen molar-refractivity contribution in [2.24, 2.45) is 0 Å². The van der Waals surface area contributed by atoms with Crippen molar-refractivity contribution in [2.75, 3.05) is 5.32 Å². The number of nitrogens with one attached hydrogen (secondary N) is 1. The van der Waals surface area contributed by atoms with E-state index in [1.54, 1.807) is 18.2 Å². The third-order valence-corrected chi connectivity index (χ3v) is 2.46. The number of nitrogens with zero attached hydrogens (tertiary/aromatic N) is 2. The minimum Gasteiger partial charge on any atom is -0.476 e. The van der Waals surface area contributed by atoms with Gasteiger partial charge in [-0.05, 0) is 30.3 Å². The smallest absolute Gasteiger partial charge is 0.356 e. The number of halogens is 2. The van der Waals surface area contributed by atoms with Crippen LogP contribution in [-0.4, -0.2) is 21.3 Å². The summed E-state index contributed by atoms with van der Waals surface area (Å²) >= 11 is 11.7. The summed E-state index contributed by atoms with van der Waals surface area (Å²) in [4.78, 5) is 10.6. The normalized spacial score (nSPS) is 10.1. The van der Waals surface area contributed by atoms with Crippen molar-refractivity contribution in [1.29, 1.82) is 0 Å². The fraction of sp³-hybridized carbons (Fsp3) is 0. The van der Waals surface area contributed by atoms with E-state index in [1.807, 2.05) is 0 Å². The van der Waals surface area contributed by atoms with Gasteiger partial charge in [-0.1, -0.05) is 23.2 Å². The Kier molecular flexibility index (Phi) is 3.64. The average molecular weight is 284 g/mol. The highest BCUT2D eigenvalue weighted by molar-refractivity contribution is 6.35. The van der Waals surface area contributed by atoms with Crippen LogP contribution in [0.5, 0.6) is 0 Å². The third-order valence-electron chi connectivity index (χ3n) is 2.02. The molecule has 18 heavy (non-hydrogen) atoms. The molecule has 7 heteroatoms. The number of anilines is 2. The fourth-order valence-corrected chi connectivity index (χ4v) is 1.81. The number of aromatic carboxylic acids is 1. The monoisotopic (exact) mass is 283 g/mol. The Morgan fingerprint density at radius 2 is 1.78 bits per heavy atom. The van der Waals surface area contributed by atoms with E-state index in [0.717, 1.165) is 0 Å². The number of carboxylic acids is 1. The molecule has 1 aromatic heterocycles. The topological polar surface area (TPSA) is 75.1 Å². The van der Waals surface area contributed by atoms with Gasteiger partial charge in [0.25, 0.3) is 0 Å². The summed E-state index contributed by atoms with van der Waals surface area (Å²) in [5.41, 5.74) is 0.523. The lowest BCUT2D eigenvalue weighted by atomic mass is 10.3. The molecule has 0 fully saturated rings. The lowest BCUT2D eigenvalue weighted by Gasteiger charge is -2.06. The van der Waals surface area contributed by atoms with E-state index in [-0.39, 0.29) is 5.69 Å². The molecule has 2 aromatic rings. The highest BCUT2D eigenvalue weighted by Gasteiger charge is 2.05. The van der Waals surface area contributed by atoms with E-state index in [9.17, 15) is 4.79 Å². The summed E-state index contributed by atoms with van der Waals surface area (Å²) in [5, 5.41) is 19.8. The molecule has 0 bridgehead atoms. The number of hydrogen-bond donors (Lipinski definition) is 2. The molecule has 92 valence electrons. The first-order valence-electron chi connectivity index (χ1n) is 4.85. The fourth-order valence-electron chi connectivity index (χ4n) is 1.29. The van der Waals surface area contributed by atoms with Gasteiger partial charge in [0.2, 0.25) is 0 Å². The van der Waals surface area contributed by atoms with Crippen molar-refractivity contribution >= 4 is 40.7 Å². The molecule has 0 spiro atoms. The van der Waals surface area contributed by atoms with Crippen LogP contribution in [0.4, 0.5) is 11.5 Å². The molecular formula is C11H7Cl2N3O2. The van der Waals surface area contributed by atoms with Crippen molar-refractivity contribution in [3.05, 3.63) is 46.1 Å². The molecular weight excluding hydrogens is 277 g/mol. The third kappa shape index (κ3) is 3.09. The molecule has 2 rings (SSSR count). The molecule has 0 saturated heterocycles. The predicted octanol–water partition coefficient (Wildman–Crippen LogP) is 3.23. The molecule has 0 unspecified atom stereocenters. The maximum absolute atomic E-state index is 10.6. The number of aromatic nitrogens is 2. The molecule has 0 amide bonds. The van der Waals surface area contributed by atoms with Gasteiger partial charge in [0, 0.05) is 15.7 Å². The van der Waals surface area contributed by atoms with E-state index in [2.05, 4.69) is 15.5 Å². The average Bonchev–Trinajstić information content (AvgIpc) is 2.28. The van der Waals surface area contributed by atoms with Crippen LogP contribution in [0.1, 0.15) is 10.5 Å². The van der Waals surface area contributed by atoms with Crippen LogP contribution in [0.2, 0.25) is 10.0 Å². The number of carboxylic acid groups (broad SMARTS) is 1. The van der Waals surface area contributed by atoms with Gasteiger partial charge in [-0.15, -0.1) is 10.2 Å². The van der Waals surface area contributed by atoms with E-state index in [1.165, 1.54) is 12.1 Å². The van der Waals surface area contributed by atoms with Gasteiger partial charge < -0.3 is 10.4 Å². The highest BCUT2D eigenvalue weighted by atomic mass is 35.5.